The molecule has 2 N–H and O–H groups in total. The summed E-state index contributed by atoms with van der Waals surface area (Å²) in [5.74, 6) is -3.35. The van der Waals surface area contributed by atoms with Crippen LogP contribution in [-0.2, 0) is 4.79 Å². The van der Waals surface area contributed by atoms with E-state index in [1.54, 1.807) is 0 Å². The SMILES string of the molecule is [B][C@H]1C[C@H](O)[C@@H](CO)N1C(=O)C(F)(F)F. The van der Waals surface area contributed by atoms with Gasteiger partial charge in [-0.3, -0.25) is 4.79 Å². The van der Waals surface area contributed by atoms with Crippen LogP contribution in [0.5, 0.6) is 0 Å². The van der Waals surface area contributed by atoms with Crippen molar-refractivity contribution in [2.24, 2.45) is 0 Å². The van der Waals surface area contributed by atoms with E-state index in [2.05, 4.69) is 0 Å². The van der Waals surface area contributed by atoms with Gasteiger partial charge in [-0.2, -0.15) is 13.2 Å². The maximum Gasteiger partial charge on any atom is 0.471 e. The van der Waals surface area contributed by atoms with Crippen molar-refractivity contribution in [1.29, 1.82) is 0 Å². The Kier molecular flexibility index (Phi) is 3.29. The van der Waals surface area contributed by atoms with Gasteiger partial charge in [-0.25, -0.2) is 0 Å². The van der Waals surface area contributed by atoms with Gasteiger partial charge in [0.05, 0.1) is 26.6 Å². The molecule has 0 spiro atoms. The lowest BCUT2D eigenvalue weighted by atomic mass is 9.93. The number of alkyl halides is 3. The Morgan fingerprint density at radius 1 is 1.53 bits per heavy atom. The summed E-state index contributed by atoms with van der Waals surface area (Å²) in [7, 11) is 5.27. The molecule has 1 saturated heterocycles. The van der Waals surface area contributed by atoms with E-state index in [4.69, 9.17) is 13.0 Å². The van der Waals surface area contributed by atoms with E-state index in [1.807, 2.05) is 0 Å². The second kappa shape index (κ2) is 4.01. The summed E-state index contributed by atoms with van der Waals surface area (Å²) < 4.78 is 36.3. The zero-order valence-corrected chi connectivity index (χ0v) is 7.61. The molecule has 1 fully saturated rings. The van der Waals surface area contributed by atoms with E-state index in [1.165, 1.54) is 0 Å². The van der Waals surface area contributed by atoms with E-state index in [0.29, 0.717) is 0 Å². The monoisotopic (exact) mass is 223 g/mol. The lowest BCUT2D eigenvalue weighted by Gasteiger charge is -2.28. The lowest BCUT2D eigenvalue weighted by Crippen LogP contribution is -2.50. The first-order valence-corrected chi connectivity index (χ1v) is 4.23. The van der Waals surface area contributed by atoms with Crippen molar-refractivity contribution in [2.75, 3.05) is 6.61 Å². The third kappa shape index (κ3) is 2.26. The van der Waals surface area contributed by atoms with Gasteiger partial charge in [0.1, 0.15) is 0 Å². The number of aliphatic hydroxyl groups excluding tert-OH is 2. The van der Waals surface area contributed by atoms with E-state index < -0.39 is 36.8 Å². The van der Waals surface area contributed by atoms with Crippen LogP contribution >= 0.6 is 0 Å². The molecule has 2 radical (unpaired) electrons. The van der Waals surface area contributed by atoms with Crippen molar-refractivity contribution in [2.45, 2.75) is 30.7 Å². The highest BCUT2D eigenvalue weighted by atomic mass is 19.4. The number of carbonyl (C=O) groups excluding carboxylic acids is 1. The molecule has 15 heavy (non-hydrogen) atoms. The van der Waals surface area contributed by atoms with Gasteiger partial charge in [0.2, 0.25) is 0 Å². The molecule has 0 aromatic carbocycles. The Labute approximate surface area is 85.1 Å². The van der Waals surface area contributed by atoms with Crippen molar-refractivity contribution in [1.82, 2.24) is 4.90 Å². The molecule has 0 bridgehead atoms. The Morgan fingerprint density at radius 2 is 2.07 bits per heavy atom. The fourth-order valence-electron chi connectivity index (χ4n) is 1.61. The van der Waals surface area contributed by atoms with Crippen LogP contribution in [0.3, 0.4) is 0 Å². The second-order valence-corrected chi connectivity index (χ2v) is 3.33. The van der Waals surface area contributed by atoms with Gasteiger partial charge < -0.3 is 15.1 Å². The van der Waals surface area contributed by atoms with Gasteiger partial charge in [-0.05, 0) is 12.4 Å². The van der Waals surface area contributed by atoms with Gasteiger partial charge in [0.25, 0.3) is 0 Å². The summed E-state index contributed by atoms with van der Waals surface area (Å²) in [5, 5.41) is 18.0. The van der Waals surface area contributed by atoms with Crippen molar-refractivity contribution in [3.63, 3.8) is 0 Å². The molecule has 1 aliphatic heterocycles. The topological polar surface area (TPSA) is 60.8 Å². The van der Waals surface area contributed by atoms with Crippen LogP contribution in [0, 0.1) is 0 Å². The molecule has 1 aliphatic rings. The summed E-state index contributed by atoms with van der Waals surface area (Å²) >= 11 is 0. The third-order valence-electron chi connectivity index (χ3n) is 2.31. The molecule has 84 valence electrons. The summed E-state index contributed by atoms with van der Waals surface area (Å²) in [5.41, 5.74) is 0. The van der Waals surface area contributed by atoms with Gasteiger partial charge in [-0.1, -0.05) is 0 Å². The lowest BCUT2D eigenvalue weighted by molar-refractivity contribution is -0.188. The quantitative estimate of drug-likeness (QED) is 0.560. The number of aliphatic hydroxyl groups is 2. The van der Waals surface area contributed by atoms with Gasteiger partial charge >= 0.3 is 12.1 Å². The molecule has 3 atom stereocenters. The molecular formula is C7H9BF3NO3. The summed E-state index contributed by atoms with van der Waals surface area (Å²) in [4.78, 5) is 11.2. The Balaban J connectivity index is 2.88. The zero-order chi connectivity index (χ0) is 11.8. The van der Waals surface area contributed by atoms with Crippen molar-refractivity contribution < 1.29 is 28.2 Å². The molecule has 0 saturated carbocycles. The summed E-state index contributed by atoms with van der Waals surface area (Å²) in [6, 6.07) is -1.28. The summed E-state index contributed by atoms with van der Waals surface area (Å²) in [6.07, 6.45) is -6.45. The van der Waals surface area contributed by atoms with Crippen LogP contribution in [-0.4, -0.2) is 59.7 Å². The van der Waals surface area contributed by atoms with Crippen LogP contribution < -0.4 is 0 Å². The number of rotatable bonds is 1. The molecule has 1 rings (SSSR count). The average molecular weight is 223 g/mol. The van der Waals surface area contributed by atoms with Crippen LogP contribution in [0.4, 0.5) is 13.2 Å². The fraction of sp³-hybridized carbons (Fsp3) is 0.857. The predicted octanol–water partition coefficient (Wildman–Crippen LogP) is -1.00. The van der Waals surface area contributed by atoms with Crippen molar-refractivity contribution >= 4 is 13.8 Å². The van der Waals surface area contributed by atoms with Crippen LogP contribution in [0.1, 0.15) is 6.42 Å². The van der Waals surface area contributed by atoms with Crippen LogP contribution in [0.2, 0.25) is 0 Å². The van der Waals surface area contributed by atoms with Crippen LogP contribution in [0.25, 0.3) is 0 Å². The zero-order valence-electron chi connectivity index (χ0n) is 7.61. The smallest absolute Gasteiger partial charge is 0.394 e. The maximum atomic E-state index is 12.1. The van der Waals surface area contributed by atoms with Gasteiger partial charge in [-0.15, -0.1) is 0 Å². The highest BCUT2D eigenvalue weighted by Gasteiger charge is 2.50. The number of amides is 1. The minimum atomic E-state index is -5.05. The van der Waals surface area contributed by atoms with E-state index >= 15 is 0 Å². The number of hydrogen-bond acceptors (Lipinski definition) is 3. The average Bonchev–Trinajstić information content (AvgIpc) is 2.37. The third-order valence-corrected chi connectivity index (χ3v) is 2.31. The minimum Gasteiger partial charge on any atom is -0.394 e. The van der Waals surface area contributed by atoms with Crippen molar-refractivity contribution in [3.05, 3.63) is 0 Å². The van der Waals surface area contributed by atoms with Crippen LogP contribution in [0.15, 0.2) is 0 Å². The molecule has 0 unspecified atom stereocenters. The molecule has 0 aromatic rings. The number of nitrogens with zero attached hydrogens (tertiary/aromatic N) is 1. The first-order chi connectivity index (χ1) is 6.79. The Bertz CT molecular complexity index is 260. The van der Waals surface area contributed by atoms with Crippen molar-refractivity contribution in [3.8, 4) is 0 Å². The van der Waals surface area contributed by atoms with E-state index in [9.17, 15) is 23.1 Å². The molecule has 0 aromatic heterocycles. The number of hydrogen-bond donors (Lipinski definition) is 2. The molecular weight excluding hydrogens is 214 g/mol. The fourth-order valence-corrected chi connectivity index (χ4v) is 1.61. The Morgan fingerprint density at radius 3 is 2.47 bits per heavy atom. The standard InChI is InChI=1S/C7H9BF3NO3/c8-5-1-4(14)3(2-13)12(5)6(15)7(9,10)11/h3-5,13-14H,1-2H2/t3-,4+,5-/m1/s1. The molecule has 1 heterocycles. The Hall–Kier alpha value is -0.755. The van der Waals surface area contributed by atoms with Gasteiger partial charge in [0.15, 0.2) is 0 Å². The number of likely N-dealkylation sites (tertiary alicyclic amines) is 1. The largest absolute Gasteiger partial charge is 0.471 e. The highest BCUT2D eigenvalue weighted by molar-refractivity contribution is 6.13. The van der Waals surface area contributed by atoms with E-state index in [0.717, 1.165) is 0 Å². The number of halogens is 3. The second-order valence-electron chi connectivity index (χ2n) is 3.33. The first kappa shape index (κ1) is 12.3. The number of carbonyl (C=O) groups is 1. The predicted molar refractivity (Wildman–Crippen MR) is 43.9 cm³/mol. The normalized spacial score (nSPS) is 32.1. The summed E-state index contributed by atoms with van der Waals surface area (Å²) in [6.45, 7) is -0.753. The molecule has 0 aliphatic carbocycles. The minimum absolute atomic E-state index is 0.174. The first-order valence-electron chi connectivity index (χ1n) is 4.23. The molecule has 4 nitrogen and oxygen atoms in total. The molecule has 1 amide bonds. The van der Waals surface area contributed by atoms with E-state index in [-0.39, 0.29) is 11.3 Å². The molecule has 8 heteroatoms. The van der Waals surface area contributed by atoms with Gasteiger partial charge in [0, 0.05) is 0 Å². The maximum absolute atomic E-state index is 12.1. The highest BCUT2D eigenvalue weighted by Crippen LogP contribution is 2.28.